The summed E-state index contributed by atoms with van der Waals surface area (Å²) in [7, 11) is 0. The smallest absolute Gasteiger partial charge is 0.335 e. The van der Waals surface area contributed by atoms with Crippen molar-refractivity contribution >= 4 is 17.8 Å². The van der Waals surface area contributed by atoms with E-state index in [0.717, 1.165) is 0 Å². The summed E-state index contributed by atoms with van der Waals surface area (Å²) in [5.41, 5.74) is 6.02. The first-order chi connectivity index (χ1) is 10.5. The molecular formula is C15H16N2O5. The third-order valence-corrected chi connectivity index (χ3v) is 3.36. The maximum Gasteiger partial charge on any atom is 0.335 e. The molecule has 1 heterocycles. The number of ether oxygens (including phenoxy) is 1. The Morgan fingerprint density at radius 3 is 2.41 bits per heavy atom. The van der Waals surface area contributed by atoms with Crippen LogP contribution in [-0.4, -0.2) is 34.7 Å². The van der Waals surface area contributed by atoms with Crippen molar-refractivity contribution in [2.45, 2.75) is 12.8 Å². The molecule has 4 N–H and O–H groups in total. The van der Waals surface area contributed by atoms with Gasteiger partial charge in [0.2, 0.25) is 5.90 Å². The molecule has 0 aromatic heterocycles. The van der Waals surface area contributed by atoms with Gasteiger partial charge in [0.05, 0.1) is 12.2 Å². The van der Waals surface area contributed by atoms with E-state index in [1.807, 2.05) is 0 Å². The van der Waals surface area contributed by atoms with Crippen LogP contribution < -0.4 is 5.73 Å². The lowest BCUT2D eigenvalue weighted by Gasteiger charge is -2.29. The van der Waals surface area contributed by atoms with Crippen molar-refractivity contribution in [3.05, 3.63) is 47.3 Å². The molecule has 1 aliphatic heterocycles. The molecule has 2 rings (SSSR count). The van der Waals surface area contributed by atoms with Crippen LogP contribution in [0.2, 0.25) is 0 Å². The molecule has 0 amide bonds. The fourth-order valence-corrected chi connectivity index (χ4v) is 2.50. The van der Waals surface area contributed by atoms with Crippen molar-refractivity contribution in [2.75, 3.05) is 6.61 Å². The standard InChI is InChI=1S/C15H16N2O5/c1-2-22-13-11(15(20)21)9(8-6-4-3-5-7-8)10(14(18)19)12(16)17-13/h3-7,9,11H,2,16H2,1H3,(H,18,19)(H,20,21). The van der Waals surface area contributed by atoms with E-state index in [1.165, 1.54) is 0 Å². The van der Waals surface area contributed by atoms with Gasteiger partial charge in [-0.2, -0.15) is 4.99 Å². The zero-order valence-electron chi connectivity index (χ0n) is 11.9. The summed E-state index contributed by atoms with van der Waals surface area (Å²) in [6, 6.07) is 8.48. The normalized spacial score (nSPS) is 21.2. The molecule has 0 saturated heterocycles. The zero-order valence-corrected chi connectivity index (χ0v) is 11.9. The van der Waals surface area contributed by atoms with Gasteiger partial charge < -0.3 is 20.7 Å². The van der Waals surface area contributed by atoms with E-state index < -0.39 is 23.8 Å². The van der Waals surface area contributed by atoms with Crippen molar-refractivity contribution in [2.24, 2.45) is 16.6 Å². The second-order valence-corrected chi connectivity index (χ2v) is 4.69. The summed E-state index contributed by atoms with van der Waals surface area (Å²) in [5.74, 6) is -5.02. The summed E-state index contributed by atoms with van der Waals surface area (Å²) in [4.78, 5) is 27.1. The molecule has 0 radical (unpaired) electrons. The van der Waals surface area contributed by atoms with Gasteiger partial charge in [-0.15, -0.1) is 0 Å². The number of aliphatic carboxylic acids is 2. The second kappa shape index (κ2) is 6.30. The molecule has 7 heteroatoms. The minimum Gasteiger partial charge on any atom is -0.481 e. The molecule has 0 aliphatic carbocycles. The van der Waals surface area contributed by atoms with E-state index in [9.17, 15) is 19.8 Å². The van der Waals surface area contributed by atoms with Crippen LogP contribution in [0.15, 0.2) is 46.7 Å². The van der Waals surface area contributed by atoms with Crippen molar-refractivity contribution in [3.8, 4) is 0 Å². The lowest BCUT2D eigenvalue weighted by Crippen LogP contribution is -2.38. The number of carbonyl (C=O) groups is 2. The van der Waals surface area contributed by atoms with Gasteiger partial charge in [-0.05, 0) is 12.5 Å². The van der Waals surface area contributed by atoms with Crippen LogP contribution in [0, 0.1) is 5.92 Å². The number of benzene rings is 1. The largest absolute Gasteiger partial charge is 0.481 e. The molecule has 22 heavy (non-hydrogen) atoms. The highest BCUT2D eigenvalue weighted by Gasteiger charge is 2.44. The molecule has 0 saturated carbocycles. The molecule has 1 aromatic rings. The number of aliphatic imine (C=N–C) groups is 1. The minimum atomic E-state index is -1.29. The van der Waals surface area contributed by atoms with E-state index in [-0.39, 0.29) is 23.9 Å². The highest BCUT2D eigenvalue weighted by atomic mass is 16.5. The summed E-state index contributed by atoms with van der Waals surface area (Å²) < 4.78 is 5.27. The Balaban J connectivity index is 2.65. The summed E-state index contributed by atoms with van der Waals surface area (Å²) in [6.07, 6.45) is 0. The molecule has 0 bridgehead atoms. The zero-order chi connectivity index (χ0) is 16.3. The Kier molecular flexibility index (Phi) is 4.45. The van der Waals surface area contributed by atoms with Gasteiger partial charge in [-0.3, -0.25) is 4.79 Å². The van der Waals surface area contributed by atoms with E-state index in [0.29, 0.717) is 5.56 Å². The second-order valence-electron chi connectivity index (χ2n) is 4.69. The Bertz CT molecular complexity index is 651. The topological polar surface area (TPSA) is 122 Å². The van der Waals surface area contributed by atoms with Crippen molar-refractivity contribution in [1.29, 1.82) is 0 Å². The van der Waals surface area contributed by atoms with Crippen molar-refractivity contribution in [3.63, 3.8) is 0 Å². The molecule has 7 nitrogen and oxygen atoms in total. The maximum absolute atomic E-state index is 11.7. The Labute approximate surface area is 126 Å². The first-order valence-electron chi connectivity index (χ1n) is 6.69. The minimum absolute atomic E-state index is 0.0775. The fraction of sp³-hybridized carbons (Fsp3) is 0.267. The van der Waals surface area contributed by atoms with Crippen LogP contribution in [0.25, 0.3) is 0 Å². The van der Waals surface area contributed by atoms with Gasteiger partial charge in [0.1, 0.15) is 11.7 Å². The summed E-state index contributed by atoms with van der Waals surface area (Å²) >= 11 is 0. The van der Waals surface area contributed by atoms with Crippen LogP contribution in [0.4, 0.5) is 0 Å². The van der Waals surface area contributed by atoms with E-state index >= 15 is 0 Å². The molecule has 1 aromatic carbocycles. The maximum atomic E-state index is 11.7. The molecule has 0 spiro atoms. The van der Waals surface area contributed by atoms with E-state index in [4.69, 9.17) is 10.5 Å². The Morgan fingerprint density at radius 2 is 1.91 bits per heavy atom. The van der Waals surface area contributed by atoms with E-state index in [1.54, 1.807) is 37.3 Å². The molecule has 2 unspecified atom stereocenters. The number of hydrogen-bond acceptors (Lipinski definition) is 5. The number of hydrogen-bond donors (Lipinski definition) is 3. The molecular weight excluding hydrogens is 288 g/mol. The van der Waals surface area contributed by atoms with Crippen molar-refractivity contribution in [1.82, 2.24) is 0 Å². The Hall–Kier alpha value is -2.83. The monoisotopic (exact) mass is 304 g/mol. The number of nitrogens with zero attached hydrogens (tertiary/aromatic N) is 1. The average Bonchev–Trinajstić information content (AvgIpc) is 2.47. The summed E-state index contributed by atoms with van der Waals surface area (Å²) in [5, 5.41) is 19.0. The average molecular weight is 304 g/mol. The van der Waals surface area contributed by atoms with Gasteiger partial charge >= 0.3 is 11.9 Å². The van der Waals surface area contributed by atoms with Gasteiger partial charge in [-0.1, -0.05) is 30.3 Å². The predicted octanol–water partition coefficient (Wildman–Crippen LogP) is 1.17. The first-order valence-corrected chi connectivity index (χ1v) is 6.69. The third-order valence-electron chi connectivity index (χ3n) is 3.36. The number of nitrogens with two attached hydrogens (primary N) is 1. The predicted molar refractivity (Wildman–Crippen MR) is 78.2 cm³/mol. The fourth-order valence-electron chi connectivity index (χ4n) is 2.50. The SMILES string of the molecule is CCOC1=NC(N)=C(C(=O)O)C(c2ccccc2)C1C(=O)O. The van der Waals surface area contributed by atoms with Gasteiger partial charge in [0.25, 0.3) is 0 Å². The number of rotatable bonds is 4. The highest BCUT2D eigenvalue weighted by molar-refractivity contribution is 6.03. The van der Waals surface area contributed by atoms with Gasteiger partial charge in [0.15, 0.2) is 0 Å². The molecule has 2 atom stereocenters. The number of carboxylic acid groups (broad SMARTS) is 2. The highest BCUT2D eigenvalue weighted by Crippen LogP contribution is 2.38. The third kappa shape index (κ3) is 2.78. The first kappa shape index (κ1) is 15.6. The molecule has 116 valence electrons. The number of carboxylic acids is 2. The lowest BCUT2D eigenvalue weighted by molar-refractivity contribution is -0.140. The van der Waals surface area contributed by atoms with Crippen LogP contribution >= 0.6 is 0 Å². The van der Waals surface area contributed by atoms with E-state index in [2.05, 4.69) is 4.99 Å². The quantitative estimate of drug-likeness (QED) is 0.767. The molecule has 0 fully saturated rings. The van der Waals surface area contributed by atoms with Crippen molar-refractivity contribution < 1.29 is 24.5 Å². The lowest BCUT2D eigenvalue weighted by atomic mass is 9.78. The van der Waals surface area contributed by atoms with Crippen LogP contribution in [0.5, 0.6) is 0 Å². The van der Waals surface area contributed by atoms with Crippen LogP contribution in [0.3, 0.4) is 0 Å². The van der Waals surface area contributed by atoms with Crippen LogP contribution in [0.1, 0.15) is 18.4 Å². The van der Waals surface area contributed by atoms with Crippen LogP contribution in [-0.2, 0) is 14.3 Å². The molecule has 1 aliphatic rings. The Morgan fingerprint density at radius 1 is 1.27 bits per heavy atom. The summed E-state index contributed by atoms with van der Waals surface area (Å²) in [6.45, 7) is 1.89. The van der Waals surface area contributed by atoms with Gasteiger partial charge in [-0.25, -0.2) is 4.79 Å². The van der Waals surface area contributed by atoms with Gasteiger partial charge in [0, 0.05) is 5.92 Å².